The number of benzene rings is 3. The molecule has 12 nitrogen and oxygen atoms in total. The van der Waals surface area contributed by atoms with Gasteiger partial charge in [-0.2, -0.15) is 0 Å². The first-order valence-corrected chi connectivity index (χ1v) is 19.1. The van der Waals surface area contributed by atoms with Crippen LogP contribution in [0.3, 0.4) is 0 Å². The molecule has 12 heteroatoms. The minimum Gasteiger partial charge on any atom is -0.494 e. The number of unbranched alkanes of at least 4 members (excludes halogenated alkanes) is 7. The van der Waals surface area contributed by atoms with Crippen molar-refractivity contribution in [3.8, 4) is 28.4 Å². The summed E-state index contributed by atoms with van der Waals surface area (Å²) < 4.78 is 37.9. The van der Waals surface area contributed by atoms with Gasteiger partial charge in [0.05, 0.1) is 50.8 Å². The van der Waals surface area contributed by atoms with Crippen molar-refractivity contribution in [2.75, 3.05) is 39.6 Å². The molecule has 0 saturated carbocycles. The molecule has 0 atom stereocenters. The van der Waals surface area contributed by atoms with E-state index >= 15 is 0 Å². The van der Waals surface area contributed by atoms with E-state index < -0.39 is 29.8 Å². The van der Waals surface area contributed by atoms with Crippen molar-refractivity contribution in [2.45, 2.75) is 64.2 Å². The Morgan fingerprint density at radius 2 is 0.842 bits per heavy atom. The number of ether oxygens (including phenoxy) is 7. The highest BCUT2D eigenvalue weighted by Crippen LogP contribution is 2.30. The number of hydrogen-bond donors (Lipinski definition) is 0. The zero-order valence-corrected chi connectivity index (χ0v) is 32.4. The van der Waals surface area contributed by atoms with E-state index in [4.69, 9.17) is 33.2 Å². The Balaban J connectivity index is 1.58. The zero-order chi connectivity index (χ0) is 41.1. The Morgan fingerprint density at radius 3 is 1.32 bits per heavy atom. The Hall–Kier alpha value is -6.17. The number of carbonyl (C=O) groups excluding carboxylic acids is 5. The van der Waals surface area contributed by atoms with Crippen LogP contribution in [-0.4, -0.2) is 69.5 Å². The van der Waals surface area contributed by atoms with Gasteiger partial charge in [-0.1, -0.05) is 31.9 Å². The van der Waals surface area contributed by atoms with Gasteiger partial charge >= 0.3 is 29.8 Å². The van der Waals surface area contributed by atoms with Crippen LogP contribution in [0, 0.1) is 0 Å². The second-order valence-electron chi connectivity index (χ2n) is 12.6. The molecule has 0 aliphatic heterocycles. The summed E-state index contributed by atoms with van der Waals surface area (Å²) in [6.07, 6.45) is 11.2. The second kappa shape index (κ2) is 26.6. The summed E-state index contributed by atoms with van der Waals surface area (Å²) in [6.45, 7) is 12.1. The van der Waals surface area contributed by atoms with Crippen LogP contribution in [0.5, 0.6) is 17.2 Å². The standard InChI is InChI=1S/C45H52O12/c1-4-41(46)53-29-13-9-7-11-27-51-36-21-17-34(18-22-36)39-26-25-38(33-40(39)45(50)56-32-16-15-31-55-43(48)6-3)57-44(49)35-19-23-37(24-20-35)52-28-12-8-10-14-30-54-42(47)5-2/h4-6,17-26,33H,1-3,7-16,27-32H2. The molecule has 3 rings (SSSR count). The summed E-state index contributed by atoms with van der Waals surface area (Å²) in [6, 6.07) is 18.7. The lowest BCUT2D eigenvalue weighted by Crippen LogP contribution is -2.12. The third-order valence-corrected chi connectivity index (χ3v) is 8.30. The molecule has 0 saturated heterocycles. The number of esters is 5. The van der Waals surface area contributed by atoms with Crippen molar-refractivity contribution in [3.63, 3.8) is 0 Å². The van der Waals surface area contributed by atoms with Gasteiger partial charge in [0.15, 0.2) is 0 Å². The molecule has 0 amide bonds. The molecule has 0 aliphatic rings. The summed E-state index contributed by atoms with van der Waals surface area (Å²) in [7, 11) is 0. The molecule has 57 heavy (non-hydrogen) atoms. The normalized spacial score (nSPS) is 10.4. The largest absolute Gasteiger partial charge is 0.494 e. The summed E-state index contributed by atoms with van der Waals surface area (Å²) in [5.74, 6) is -1.14. The Kier molecular flexibility index (Phi) is 21.1. The third kappa shape index (κ3) is 17.9. The maximum Gasteiger partial charge on any atom is 0.343 e. The monoisotopic (exact) mass is 784 g/mol. The van der Waals surface area contributed by atoms with Gasteiger partial charge in [0.2, 0.25) is 0 Å². The first-order valence-electron chi connectivity index (χ1n) is 19.1. The molecule has 0 bridgehead atoms. The summed E-state index contributed by atoms with van der Waals surface area (Å²) in [5.41, 5.74) is 1.79. The van der Waals surface area contributed by atoms with E-state index in [1.807, 2.05) is 24.3 Å². The topological polar surface area (TPSA) is 150 Å². The highest BCUT2D eigenvalue weighted by Gasteiger charge is 2.18. The fourth-order valence-corrected chi connectivity index (χ4v) is 5.23. The predicted octanol–water partition coefficient (Wildman–Crippen LogP) is 8.58. The van der Waals surface area contributed by atoms with Crippen LogP contribution in [-0.2, 0) is 33.3 Å². The van der Waals surface area contributed by atoms with E-state index in [0.717, 1.165) is 75.2 Å². The lowest BCUT2D eigenvalue weighted by atomic mass is 9.99. The van der Waals surface area contributed by atoms with E-state index in [1.54, 1.807) is 36.4 Å². The summed E-state index contributed by atoms with van der Waals surface area (Å²) >= 11 is 0. The van der Waals surface area contributed by atoms with Crippen LogP contribution in [0.2, 0.25) is 0 Å². The molecule has 0 spiro atoms. The van der Waals surface area contributed by atoms with Crippen LogP contribution in [0.1, 0.15) is 84.9 Å². The van der Waals surface area contributed by atoms with Gasteiger partial charge in [-0.05, 0) is 130 Å². The van der Waals surface area contributed by atoms with Crippen molar-refractivity contribution in [3.05, 3.63) is 116 Å². The molecular formula is C45H52O12. The van der Waals surface area contributed by atoms with Crippen LogP contribution in [0.4, 0.5) is 0 Å². The van der Waals surface area contributed by atoms with Gasteiger partial charge < -0.3 is 33.2 Å². The lowest BCUT2D eigenvalue weighted by Gasteiger charge is -2.13. The van der Waals surface area contributed by atoms with Gasteiger partial charge in [-0.3, -0.25) is 0 Å². The highest BCUT2D eigenvalue weighted by molar-refractivity contribution is 5.98. The molecular weight excluding hydrogens is 732 g/mol. The third-order valence-electron chi connectivity index (χ3n) is 8.30. The second-order valence-corrected chi connectivity index (χ2v) is 12.6. The summed E-state index contributed by atoms with van der Waals surface area (Å²) in [4.78, 5) is 60.0. The average Bonchev–Trinajstić information content (AvgIpc) is 3.23. The minimum atomic E-state index is -0.613. The van der Waals surface area contributed by atoms with Crippen molar-refractivity contribution < 1.29 is 57.1 Å². The van der Waals surface area contributed by atoms with Crippen LogP contribution >= 0.6 is 0 Å². The average molecular weight is 785 g/mol. The zero-order valence-electron chi connectivity index (χ0n) is 32.4. The molecule has 0 heterocycles. The fraction of sp³-hybridized carbons (Fsp3) is 0.356. The van der Waals surface area contributed by atoms with Gasteiger partial charge in [0.1, 0.15) is 17.2 Å². The number of carbonyl (C=O) groups is 5. The Labute approximate surface area is 334 Å². The minimum absolute atomic E-state index is 0.0856. The van der Waals surface area contributed by atoms with Crippen molar-refractivity contribution in [2.24, 2.45) is 0 Å². The van der Waals surface area contributed by atoms with Gasteiger partial charge in [0, 0.05) is 18.2 Å². The van der Waals surface area contributed by atoms with Crippen molar-refractivity contribution in [1.82, 2.24) is 0 Å². The highest BCUT2D eigenvalue weighted by atomic mass is 16.5. The molecule has 0 unspecified atom stereocenters. The molecule has 0 radical (unpaired) electrons. The molecule has 0 fully saturated rings. The van der Waals surface area contributed by atoms with Crippen LogP contribution in [0.25, 0.3) is 11.1 Å². The van der Waals surface area contributed by atoms with E-state index in [1.165, 1.54) is 6.07 Å². The van der Waals surface area contributed by atoms with Crippen LogP contribution in [0.15, 0.2) is 105 Å². The quantitative estimate of drug-likeness (QED) is 0.0228. The smallest absolute Gasteiger partial charge is 0.343 e. The van der Waals surface area contributed by atoms with E-state index in [9.17, 15) is 24.0 Å². The Morgan fingerprint density at radius 1 is 0.439 bits per heavy atom. The van der Waals surface area contributed by atoms with E-state index in [2.05, 4.69) is 19.7 Å². The maximum absolute atomic E-state index is 13.4. The fourth-order valence-electron chi connectivity index (χ4n) is 5.23. The molecule has 3 aromatic rings. The van der Waals surface area contributed by atoms with Crippen molar-refractivity contribution >= 4 is 29.8 Å². The van der Waals surface area contributed by atoms with E-state index in [0.29, 0.717) is 61.9 Å². The van der Waals surface area contributed by atoms with Gasteiger partial charge in [-0.15, -0.1) is 0 Å². The number of hydrogen-bond acceptors (Lipinski definition) is 12. The van der Waals surface area contributed by atoms with Crippen molar-refractivity contribution in [1.29, 1.82) is 0 Å². The van der Waals surface area contributed by atoms with Gasteiger partial charge in [0.25, 0.3) is 0 Å². The molecule has 304 valence electrons. The molecule has 0 aromatic heterocycles. The van der Waals surface area contributed by atoms with E-state index in [-0.39, 0.29) is 24.5 Å². The molecule has 3 aromatic carbocycles. The first kappa shape index (κ1) is 45.2. The predicted molar refractivity (Wildman–Crippen MR) is 214 cm³/mol. The summed E-state index contributed by atoms with van der Waals surface area (Å²) in [5, 5.41) is 0. The molecule has 0 N–H and O–H groups in total. The SMILES string of the molecule is C=CC(=O)OCCCCCCOc1ccc(C(=O)Oc2ccc(-c3ccc(OCCCCCCOC(=O)C=C)cc3)c(C(=O)OCCCCOC(=O)C=C)c2)cc1. The van der Waals surface area contributed by atoms with Crippen LogP contribution < -0.4 is 14.2 Å². The lowest BCUT2D eigenvalue weighted by molar-refractivity contribution is -0.138. The molecule has 0 aliphatic carbocycles. The Bertz CT molecular complexity index is 1760. The number of rotatable bonds is 28. The first-order chi connectivity index (χ1) is 27.7. The maximum atomic E-state index is 13.4. The van der Waals surface area contributed by atoms with Gasteiger partial charge in [-0.25, -0.2) is 24.0 Å².